The Kier molecular flexibility index (Phi) is 4.25. The topological polar surface area (TPSA) is 38.1 Å². The molecule has 1 aromatic carbocycles. The quantitative estimate of drug-likeness (QED) is 0.874. The number of imidazole rings is 1. The molecule has 1 amide bonds. The average molecular weight is 304 g/mol. The van der Waals surface area contributed by atoms with E-state index in [9.17, 15) is 4.79 Å². The van der Waals surface area contributed by atoms with E-state index in [1.807, 2.05) is 29.6 Å². The van der Waals surface area contributed by atoms with Gasteiger partial charge in [0.1, 0.15) is 0 Å². The lowest BCUT2D eigenvalue weighted by molar-refractivity contribution is 0.0683. The number of carbonyl (C=O) groups is 1. The van der Waals surface area contributed by atoms with E-state index in [1.54, 1.807) is 18.3 Å². The van der Waals surface area contributed by atoms with Crippen molar-refractivity contribution in [2.75, 3.05) is 13.1 Å². The Labute approximate surface area is 129 Å². The molecule has 110 valence electrons. The van der Waals surface area contributed by atoms with Gasteiger partial charge < -0.3 is 9.47 Å². The van der Waals surface area contributed by atoms with E-state index in [-0.39, 0.29) is 5.91 Å². The molecule has 3 rings (SSSR count). The summed E-state index contributed by atoms with van der Waals surface area (Å²) in [5.74, 6) is 0.696. The highest BCUT2D eigenvalue weighted by molar-refractivity contribution is 6.30. The molecule has 0 aliphatic carbocycles. The lowest BCUT2D eigenvalue weighted by atomic mass is 9.96. The Morgan fingerprint density at radius 3 is 2.81 bits per heavy atom. The molecular weight excluding hydrogens is 286 g/mol. The summed E-state index contributed by atoms with van der Waals surface area (Å²) in [4.78, 5) is 18.4. The van der Waals surface area contributed by atoms with Crippen LogP contribution in [0.4, 0.5) is 0 Å². The van der Waals surface area contributed by atoms with Crippen LogP contribution in [0.15, 0.2) is 43.0 Å². The van der Waals surface area contributed by atoms with Gasteiger partial charge >= 0.3 is 0 Å². The lowest BCUT2D eigenvalue weighted by Gasteiger charge is -2.32. The molecule has 5 heteroatoms. The molecule has 2 aromatic rings. The minimum absolute atomic E-state index is 0.0820. The van der Waals surface area contributed by atoms with E-state index in [0.717, 1.165) is 32.5 Å². The highest BCUT2D eigenvalue weighted by atomic mass is 35.5. The molecule has 1 aliphatic heterocycles. The van der Waals surface area contributed by atoms with Crippen molar-refractivity contribution in [2.24, 2.45) is 5.92 Å². The SMILES string of the molecule is O=C(c1cccc(Cl)c1)N1CCC(Cn2ccnc2)CC1. The molecular formula is C16H18ClN3O. The highest BCUT2D eigenvalue weighted by Gasteiger charge is 2.23. The fourth-order valence-corrected chi connectivity index (χ4v) is 3.01. The molecule has 21 heavy (non-hydrogen) atoms. The zero-order chi connectivity index (χ0) is 14.7. The van der Waals surface area contributed by atoms with Crippen molar-refractivity contribution >= 4 is 17.5 Å². The van der Waals surface area contributed by atoms with Gasteiger partial charge in [0.25, 0.3) is 5.91 Å². The van der Waals surface area contributed by atoms with Crippen LogP contribution >= 0.6 is 11.6 Å². The van der Waals surface area contributed by atoms with Crippen molar-refractivity contribution in [3.63, 3.8) is 0 Å². The number of hydrogen-bond acceptors (Lipinski definition) is 2. The summed E-state index contributed by atoms with van der Waals surface area (Å²) >= 11 is 5.95. The fraction of sp³-hybridized carbons (Fsp3) is 0.375. The van der Waals surface area contributed by atoms with Crippen molar-refractivity contribution in [3.8, 4) is 0 Å². The van der Waals surface area contributed by atoms with Gasteiger partial charge in [-0.15, -0.1) is 0 Å². The Hall–Kier alpha value is -1.81. The Bertz CT molecular complexity index is 604. The van der Waals surface area contributed by atoms with Crippen molar-refractivity contribution in [1.29, 1.82) is 0 Å². The lowest BCUT2D eigenvalue weighted by Crippen LogP contribution is -2.39. The van der Waals surface area contributed by atoms with Crippen molar-refractivity contribution in [2.45, 2.75) is 19.4 Å². The number of likely N-dealkylation sites (tertiary alicyclic amines) is 1. The summed E-state index contributed by atoms with van der Waals surface area (Å²) in [6.45, 7) is 2.61. The maximum atomic E-state index is 12.4. The first-order chi connectivity index (χ1) is 10.2. The van der Waals surface area contributed by atoms with Gasteiger partial charge in [-0.05, 0) is 37.0 Å². The number of halogens is 1. The number of benzene rings is 1. The van der Waals surface area contributed by atoms with Crippen molar-refractivity contribution in [1.82, 2.24) is 14.5 Å². The van der Waals surface area contributed by atoms with E-state index in [4.69, 9.17) is 11.6 Å². The summed E-state index contributed by atoms with van der Waals surface area (Å²) in [6.07, 6.45) is 7.71. The molecule has 1 saturated heterocycles. The zero-order valence-corrected chi connectivity index (χ0v) is 12.5. The summed E-state index contributed by atoms with van der Waals surface area (Å²) in [7, 11) is 0. The van der Waals surface area contributed by atoms with Crippen LogP contribution in [0.2, 0.25) is 5.02 Å². The van der Waals surface area contributed by atoms with E-state index < -0.39 is 0 Å². The molecule has 0 N–H and O–H groups in total. The summed E-state index contributed by atoms with van der Waals surface area (Å²) in [5, 5.41) is 0.607. The van der Waals surface area contributed by atoms with Crippen LogP contribution in [-0.2, 0) is 6.54 Å². The van der Waals surface area contributed by atoms with Gasteiger partial charge in [0.2, 0.25) is 0 Å². The molecule has 1 aromatic heterocycles. The molecule has 1 fully saturated rings. The monoisotopic (exact) mass is 303 g/mol. The van der Waals surface area contributed by atoms with E-state index in [2.05, 4.69) is 9.55 Å². The fourth-order valence-electron chi connectivity index (χ4n) is 2.82. The average Bonchev–Trinajstić information content (AvgIpc) is 3.00. The van der Waals surface area contributed by atoms with Crippen LogP contribution in [0.1, 0.15) is 23.2 Å². The second-order valence-corrected chi connectivity index (χ2v) is 5.94. The number of amides is 1. The van der Waals surface area contributed by atoms with Crippen LogP contribution in [0.3, 0.4) is 0 Å². The Morgan fingerprint density at radius 2 is 2.14 bits per heavy atom. The first kappa shape index (κ1) is 14.1. The van der Waals surface area contributed by atoms with Crippen LogP contribution < -0.4 is 0 Å². The molecule has 2 heterocycles. The van der Waals surface area contributed by atoms with Gasteiger partial charge in [-0.2, -0.15) is 0 Å². The molecule has 1 aliphatic rings. The molecule has 0 unspecified atom stereocenters. The molecule has 0 atom stereocenters. The number of hydrogen-bond donors (Lipinski definition) is 0. The number of nitrogens with zero attached hydrogens (tertiary/aromatic N) is 3. The minimum Gasteiger partial charge on any atom is -0.339 e. The molecule has 4 nitrogen and oxygen atoms in total. The Balaban J connectivity index is 1.57. The van der Waals surface area contributed by atoms with Gasteiger partial charge in [0.05, 0.1) is 6.33 Å². The molecule has 0 spiro atoms. The van der Waals surface area contributed by atoms with E-state index in [1.165, 1.54) is 0 Å². The predicted octanol–water partition coefficient (Wildman–Crippen LogP) is 3.09. The van der Waals surface area contributed by atoms with Gasteiger partial charge in [0.15, 0.2) is 0 Å². The number of aromatic nitrogens is 2. The molecule has 0 radical (unpaired) electrons. The van der Waals surface area contributed by atoms with Gasteiger partial charge in [-0.25, -0.2) is 4.98 Å². The third kappa shape index (κ3) is 3.45. The van der Waals surface area contributed by atoms with Crippen molar-refractivity contribution < 1.29 is 4.79 Å². The highest BCUT2D eigenvalue weighted by Crippen LogP contribution is 2.21. The predicted molar refractivity (Wildman–Crippen MR) is 82.3 cm³/mol. The number of piperidine rings is 1. The first-order valence-electron chi connectivity index (χ1n) is 7.23. The maximum Gasteiger partial charge on any atom is 0.253 e. The summed E-state index contributed by atoms with van der Waals surface area (Å²) < 4.78 is 2.11. The second kappa shape index (κ2) is 6.31. The van der Waals surface area contributed by atoms with E-state index >= 15 is 0 Å². The van der Waals surface area contributed by atoms with Crippen LogP contribution in [0, 0.1) is 5.92 Å². The second-order valence-electron chi connectivity index (χ2n) is 5.51. The largest absolute Gasteiger partial charge is 0.339 e. The first-order valence-corrected chi connectivity index (χ1v) is 7.61. The third-order valence-electron chi connectivity index (χ3n) is 4.00. The summed E-state index contributed by atoms with van der Waals surface area (Å²) in [5.41, 5.74) is 0.676. The van der Waals surface area contributed by atoms with Gasteiger partial charge in [-0.3, -0.25) is 4.79 Å². The summed E-state index contributed by atoms with van der Waals surface area (Å²) in [6, 6.07) is 7.17. The zero-order valence-electron chi connectivity index (χ0n) is 11.8. The standard InChI is InChI=1S/C16H18ClN3O/c17-15-3-1-2-14(10-15)16(21)20-7-4-13(5-8-20)11-19-9-6-18-12-19/h1-3,6,9-10,12-13H,4-5,7-8,11H2. The molecule has 0 bridgehead atoms. The van der Waals surface area contributed by atoms with Crippen LogP contribution in [0.25, 0.3) is 0 Å². The smallest absolute Gasteiger partial charge is 0.253 e. The van der Waals surface area contributed by atoms with E-state index in [0.29, 0.717) is 16.5 Å². The molecule has 0 saturated carbocycles. The number of rotatable bonds is 3. The number of carbonyl (C=O) groups excluding carboxylic acids is 1. The Morgan fingerprint density at radius 1 is 1.33 bits per heavy atom. The minimum atomic E-state index is 0.0820. The normalized spacial score (nSPS) is 16.1. The van der Waals surface area contributed by atoms with Gasteiger partial charge in [0, 0.05) is 42.6 Å². The third-order valence-corrected chi connectivity index (χ3v) is 4.24. The van der Waals surface area contributed by atoms with Gasteiger partial charge in [-0.1, -0.05) is 17.7 Å². The van der Waals surface area contributed by atoms with Crippen molar-refractivity contribution in [3.05, 3.63) is 53.6 Å². The van der Waals surface area contributed by atoms with Crippen LogP contribution in [0.5, 0.6) is 0 Å². The maximum absolute atomic E-state index is 12.4. The van der Waals surface area contributed by atoms with Crippen LogP contribution in [-0.4, -0.2) is 33.4 Å².